The minimum absolute atomic E-state index is 0.0423. The molecular weight excluding hydrogens is 458 g/mol. The summed E-state index contributed by atoms with van der Waals surface area (Å²) >= 11 is 6.22. The molecule has 0 aliphatic rings. The smallest absolute Gasteiger partial charge is 0.387 e. The Morgan fingerprint density at radius 3 is 2.56 bits per heavy atom. The van der Waals surface area contributed by atoms with E-state index in [1.807, 2.05) is 29.6 Å². The van der Waals surface area contributed by atoms with E-state index in [0.717, 1.165) is 20.1 Å². The Balaban J connectivity index is 1.51. The molecule has 0 radical (unpaired) electrons. The van der Waals surface area contributed by atoms with Crippen molar-refractivity contribution in [2.45, 2.75) is 11.0 Å². The van der Waals surface area contributed by atoms with Crippen LogP contribution in [0, 0.1) is 0 Å². The fraction of sp³-hybridized carbons (Fsp3) is 0.111. The molecule has 1 heterocycles. The average molecular weight is 471 g/mol. The van der Waals surface area contributed by atoms with Crippen LogP contribution in [0.3, 0.4) is 0 Å². The van der Waals surface area contributed by atoms with Gasteiger partial charge in [0, 0.05) is 21.1 Å². The Bertz CT molecular complexity index is 902. The Labute approximate surface area is 171 Å². The molecule has 0 fully saturated rings. The average Bonchev–Trinajstić information content (AvgIpc) is 3.11. The molecule has 1 N–H and O–H groups in total. The van der Waals surface area contributed by atoms with Crippen molar-refractivity contribution in [3.05, 3.63) is 58.4 Å². The van der Waals surface area contributed by atoms with Gasteiger partial charge in [0.2, 0.25) is 5.91 Å². The third kappa shape index (κ3) is 6.02. The monoisotopic (exact) mass is 470 g/mol. The molecule has 0 atom stereocenters. The fourth-order valence-corrected chi connectivity index (χ4v) is 4.02. The minimum atomic E-state index is -2.87. The van der Waals surface area contributed by atoms with Crippen LogP contribution in [0.15, 0.2) is 62.7 Å². The second-order valence-electron chi connectivity index (χ2n) is 5.25. The second-order valence-corrected chi connectivity index (χ2v) is 8.24. The maximum atomic E-state index is 12.1. The van der Waals surface area contributed by atoms with Crippen molar-refractivity contribution in [2.24, 2.45) is 0 Å². The summed E-state index contributed by atoms with van der Waals surface area (Å²) in [5.74, 6) is 0.0336. The van der Waals surface area contributed by atoms with Crippen molar-refractivity contribution in [1.29, 1.82) is 0 Å². The first-order valence-electron chi connectivity index (χ1n) is 7.68. The molecule has 1 amide bonds. The van der Waals surface area contributed by atoms with Crippen molar-refractivity contribution < 1.29 is 18.3 Å². The molecule has 140 valence electrons. The highest BCUT2D eigenvalue weighted by Gasteiger charge is 2.09. The molecule has 0 bridgehead atoms. The van der Waals surface area contributed by atoms with Gasteiger partial charge in [-0.2, -0.15) is 8.78 Å². The third-order valence-electron chi connectivity index (χ3n) is 3.31. The predicted octanol–water partition coefficient (Wildman–Crippen LogP) is 5.90. The molecule has 0 unspecified atom stereocenters. The topological polar surface area (TPSA) is 51.2 Å². The van der Waals surface area contributed by atoms with Crippen LogP contribution in [-0.2, 0) is 4.79 Å². The molecule has 0 spiro atoms. The van der Waals surface area contributed by atoms with E-state index in [-0.39, 0.29) is 17.4 Å². The molecule has 0 aliphatic carbocycles. The number of amides is 1. The summed E-state index contributed by atoms with van der Waals surface area (Å²) in [7, 11) is 0. The molecule has 0 saturated heterocycles. The molecule has 0 aliphatic heterocycles. The van der Waals surface area contributed by atoms with Crippen LogP contribution in [0.1, 0.15) is 0 Å². The number of ether oxygens (including phenoxy) is 1. The molecule has 3 rings (SSSR count). The summed E-state index contributed by atoms with van der Waals surface area (Å²) in [6.45, 7) is -2.87. The standard InChI is InChI=1S/C18H13BrF2N2O2S2/c19-12-3-1-11(2-4-12)15-9-26-18(23-15)27-10-16(24)22-13-5-7-14(8-6-13)25-17(20)21/h1-9,17H,10H2,(H,22,24). The van der Waals surface area contributed by atoms with Gasteiger partial charge in [-0.15, -0.1) is 11.3 Å². The maximum Gasteiger partial charge on any atom is 0.387 e. The van der Waals surface area contributed by atoms with E-state index in [2.05, 4.69) is 31.0 Å². The lowest BCUT2D eigenvalue weighted by Gasteiger charge is -2.07. The lowest BCUT2D eigenvalue weighted by molar-refractivity contribution is -0.113. The molecular formula is C18H13BrF2N2O2S2. The fourth-order valence-electron chi connectivity index (χ4n) is 2.12. The van der Waals surface area contributed by atoms with E-state index in [1.165, 1.54) is 47.4 Å². The number of benzene rings is 2. The highest BCUT2D eigenvalue weighted by molar-refractivity contribution is 9.10. The number of thioether (sulfide) groups is 1. The molecule has 27 heavy (non-hydrogen) atoms. The summed E-state index contributed by atoms with van der Waals surface area (Å²) in [4.78, 5) is 16.6. The third-order valence-corrected chi connectivity index (χ3v) is 5.86. The van der Waals surface area contributed by atoms with Crippen LogP contribution < -0.4 is 10.1 Å². The lowest BCUT2D eigenvalue weighted by atomic mass is 10.2. The Morgan fingerprint density at radius 1 is 1.19 bits per heavy atom. The molecule has 1 aromatic heterocycles. The lowest BCUT2D eigenvalue weighted by Crippen LogP contribution is -2.13. The van der Waals surface area contributed by atoms with Crippen LogP contribution in [0.2, 0.25) is 0 Å². The molecule has 9 heteroatoms. The van der Waals surface area contributed by atoms with Crippen molar-refractivity contribution >= 4 is 50.6 Å². The van der Waals surface area contributed by atoms with Crippen LogP contribution >= 0.6 is 39.0 Å². The van der Waals surface area contributed by atoms with Gasteiger partial charge in [0.05, 0.1) is 11.4 Å². The first-order chi connectivity index (χ1) is 13.0. The highest BCUT2D eigenvalue weighted by Crippen LogP contribution is 2.29. The number of rotatable bonds is 7. The summed E-state index contributed by atoms with van der Waals surface area (Å²) in [6.07, 6.45) is 0. The molecule has 2 aromatic carbocycles. The Kier molecular flexibility index (Phi) is 6.81. The van der Waals surface area contributed by atoms with Gasteiger partial charge < -0.3 is 10.1 Å². The SMILES string of the molecule is O=C(CSc1nc(-c2ccc(Br)cc2)cs1)Nc1ccc(OC(F)F)cc1. The number of carbonyl (C=O) groups excluding carboxylic acids is 1. The van der Waals surface area contributed by atoms with Crippen molar-refractivity contribution in [2.75, 3.05) is 11.1 Å². The number of alkyl halides is 2. The number of thiazole rings is 1. The van der Waals surface area contributed by atoms with Crippen LogP contribution in [0.4, 0.5) is 14.5 Å². The van der Waals surface area contributed by atoms with Gasteiger partial charge in [-0.05, 0) is 36.4 Å². The Hall–Kier alpha value is -1.97. The summed E-state index contributed by atoms with van der Waals surface area (Å²) in [6, 6.07) is 13.6. The van der Waals surface area contributed by atoms with E-state index in [0.29, 0.717) is 5.69 Å². The summed E-state index contributed by atoms with van der Waals surface area (Å²) < 4.78 is 30.3. The normalized spacial score (nSPS) is 10.8. The number of nitrogens with zero attached hydrogens (tertiary/aromatic N) is 1. The van der Waals surface area contributed by atoms with Gasteiger partial charge in [0.1, 0.15) is 5.75 Å². The van der Waals surface area contributed by atoms with Crippen molar-refractivity contribution in [1.82, 2.24) is 4.98 Å². The van der Waals surface area contributed by atoms with E-state index >= 15 is 0 Å². The first-order valence-corrected chi connectivity index (χ1v) is 10.3. The van der Waals surface area contributed by atoms with Gasteiger partial charge in [-0.1, -0.05) is 39.8 Å². The van der Waals surface area contributed by atoms with Gasteiger partial charge >= 0.3 is 6.61 Å². The number of nitrogens with one attached hydrogen (secondary N) is 1. The van der Waals surface area contributed by atoms with Gasteiger partial charge in [0.25, 0.3) is 0 Å². The van der Waals surface area contributed by atoms with Crippen molar-refractivity contribution in [3.63, 3.8) is 0 Å². The van der Waals surface area contributed by atoms with E-state index < -0.39 is 6.61 Å². The summed E-state index contributed by atoms with van der Waals surface area (Å²) in [5, 5.41) is 4.66. The maximum absolute atomic E-state index is 12.1. The largest absolute Gasteiger partial charge is 0.435 e. The number of halogens is 3. The number of carbonyl (C=O) groups is 1. The summed E-state index contributed by atoms with van der Waals surface area (Å²) in [5.41, 5.74) is 2.39. The van der Waals surface area contributed by atoms with Gasteiger partial charge in [-0.25, -0.2) is 4.98 Å². The second kappa shape index (κ2) is 9.29. The predicted molar refractivity (Wildman–Crippen MR) is 108 cm³/mol. The van der Waals surface area contributed by atoms with Crippen LogP contribution in [-0.4, -0.2) is 23.3 Å². The number of anilines is 1. The number of hydrogen-bond donors (Lipinski definition) is 1. The highest BCUT2D eigenvalue weighted by atomic mass is 79.9. The van der Waals surface area contributed by atoms with E-state index in [1.54, 1.807) is 0 Å². The van der Waals surface area contributed by atoms with Crippen LogP contribution in [0.5, 0.6) is 5.75 Å². The zero-order valence-electron chi connectivity index (χ0n) is 13.7. The zero-order chi connectivity index (χ0) is 19.2. The van der Waals surface area contributed by atoms with Crippen LogP contribution in [0.25, 0.3) is 11.3 Å². The first kappa shape index (κ1) is 19.8. The zero-order valence-corrected chi connectivity index (χ0v) is 16.9. The number of aromatic nitrogens is 1. The van der Waals surface area contributed by atoms with Gasteiger partial charge in [-0.3, -0.25) is 4.79 Å². The van der Waals surface area contributed by atoms with E-state index in [9.17, 15) is 13.6 Å². The Morgan fingerprint density at radius 2 is 1.89 bits per heavy atom. The number of hydrogen-bond acceptors (Lipinski definition) is 5. The molecule has 0 saturated carbocycles. The molecule has 3 aromatic rings. The quantitative estimate of drug-likeness (QED) is 0.436. The van der Waals surface area contributed by atoms with Crippen molar-refractivity contribution in [3.8, 4) is 17.0 Å². The molecule has 4 nitrogen and oxygen atoms in total. The van der Waals surface area contributed by atoms with Gasteiger partial charge in [0.15, 0.2) is 4.34 Å². The van der Waals surface area contributed by atoms with E-state index in [4.69, 9.17) is 0 Å². The minimum Gasteiger partial charge on any atom is -0.435 e.